The number of carbonyl (C=O) groups is 1. The smallest absolute Gasteiger partial charge is 0.250 e. The number of hydrazone groups is 1. The Morgan fingerprint density at radius 3 is 2.53 bits per heavy atom. The lowest BCUT2D eigenvalue weighted by Gasteiger charge is -2.15. The van der Waals surface area contributed by atoms with Gasteiger partial charge in [-0.05, 0) is 50.6 Å². The fourth-order valence-electron chi connectivity index (χ4n) is 2.93. The van der Waals surface area contributed by atoms with Crippen molar-refractivity contribution in [3.63, 3.8) is 0 Å². The molecule has 0 saturated heterocycles. The van der Waals surface area contributed by atoms with Crippen molar-refractivity contribution in [3.8, 4) is 11.5 Å². The first-order chi connectivity index (χ1) is 16.4. The van der Waals surface area contributed by atoms with Crippen LogP contribution in [0.1, 0.15) is 29.4 Å². The molecule has 0 saturated carbocycles. The third-order valence-electron chi connectivity index (χ3n) is 4.36. The summed E-state index contributed by atoms with van der Waals surface area (Å²) in [5, 5.41) is 5.53. The Morgan fingerprint density at radius 2 is 1.82 bits per heavy atom. The number of hydrogen-bond donors (Lipinski definition) is 1. The van der Waals surface area contributed by atoms with Crippen LogP contribution in [0, 0.1) is 13.8 Å². The third kappa shape index (κ3) is 7.62. The van der Waals surface area contributed by atoms with Crippen LogP contribution in [0.5, 0.6) is 11.5 Å². The molecule has 0 unspecified atom stereocenters. The van der Waals surface area contributed by atoms with E-state index in [-0.39, 0.29) is 18.3 Å². The molecule has 1 amide bonds. The van der Waals surface area contributed by atoms with Crippen LogP contribution in [0.4, 0.5) is 0 Å². The molecule has 2 aromatic carbocycles. The molecule has 0 bridgehead atoms. The molecule has 3 rings (SSSR count). The number of ether oxygens (including phenoxy) is 2. The lowest BCUT2D eigenvalue weighted by Crippen LogP contribution is -2.19. The maximum atomic E-state index is 12.1. The second kappa shape index (κ2) is 12.6. The Bertz CT molecular complexity index is 1170. The summed E-state index contributed by atoms with van der Waals surface area (Å²) in [6, 6.07) is 12.7. The van der Waals surface area contributed by atoms with Gasteiger partial charge in [0.2, 0.25) is 0 Å². The van der Waals surface area contributed by atoms with Crippen LogP contribution < -0.4 is 14.9 Å². The SMILES string of the molecule is CCOc1cc(/C=N\NC(=O)CSc2nc(C)cc(C)n2)cc(Cl)c1OCc1ccccc1Cl. The standard InChI is InChI=1S/C24H24Cl2N4O3S/c1-4-32-21-11-17(10-20(26)23(21)33-13-18-7-5-6-8-19(18)25)12-27-30-22(31)14-34-24-28-15(2)9-16(3)29-24/h5-12H,4,13-14H2,1-3H3,(H,30,31)/b27-12-. The number of halogens is 2. The quantitative estimate of drug-likeness (QED) is 0.162. The van der Waals surface area contributed by atoms with Crippen molar-refractivity contribution in [2.75, 3.05) is 12.4 Å². The van der Waals surface area contributed by atoms with E-state index in [0.717, 1.165) is 17.0 Å². The van der Waals surface area contributed by atoms with Crippen LogP contribution >= 0.6 is 35.0 Å². The fraction of sp³-hybridized carbons (Fsp3) is 0.250. The van der Waals surface area contributed by atoms with Crippen molar-refractivity contribution < 1.29 is 14.3 Å². The number of carbonyl (C=O) groups excluding carboxylic acids is 1. The zero-order chi connectivity index (χ0) is 24.5. The maximum Gasteiger partial charge on any atom is 0.250 e. The van der Waals surface area contributed by atoms with E-state index < -0.39 is 0 Å². The van der Waals surface area contributed by atoms with Gasteiger partial charge in [0.05, 0.1) is 23.6 Å². The van der Waals surface area contributed by atoms with Crippen molar-refractivity contribution in [3.05, 3.63) is 75.0 Å². The molecule has 3 aromatic rings. The molecule has 0 aliphatic rings. The van der Waals surface area contributed by atoms with E-state index in [2.05, 4.69) is 20.5 Å². The van der Waals surface area contributed by atoms with Gasteiger partial charge in [-0.25, -0.2) is 15.4 Å². The van der Waals surface area contributed by atoms with Gasteiger partial charge >= 0.3 is 0 Å². The number of nitrogens with zero attached hydrogens (tertiary/aromatic N) is 3. The maximum absolute atomic E-state index is 12.1. The Balaban J connectivity index is 1.62. The van der Waals surface area contributed by atoms with Gasteiger partial charge < -0.3 is 9.47 Å². The molecule has 0 radical (unpaired) electrons. The number of rotatable bonds is 10. The highest BCUT2D eigenvalue weighted by Gasteiger charge is 2.13. The molecule has 0 aliphatic carbocycles. The van der Waals surface area contributed by atoms with Crippen LogP contribution in [0.2, 0.25) is 10.0 Å². The second-order valence-electron chi connectivity index (χ2n) is 7.16. The van der Waals surface area contributed by atoms with E-state index in [1.165, 1.54) is 18.0 Å². The molecule has 1 heterocycles. The number of aryl methyl sites for hydroxylation is 2. The van der Waals surface area contributed by atoms with E-state index in [0.29, 0.717) is 38.9 Å². The predicted molar refractivity (Wildman–Crippen MR) is 136 cm³/mol. The molecular weight excluding hydrogens is 495 g/mol. The van der Waals surface area contributed by atoms with E-state index in [1.54, 1.807) is 18.2 Å². The van der Waals surface area contributed by atoms with Crippen LogP contribution in [-0.2, 0) is 11.4 Å². The van der Waals surface area contributed by atoms with Gasteiger partial charge in [-0.2, -0.15) is 5.10 Å². The van der Waals surface area contributed by atoms with Gasteiger partial charge in [0.15, 0.2) is 16.7 Å². The molecule has 178 valence electrons. The number of amides is 1. The average Bonchev–Trinajstić information content (AvgIpc) is 2.78. The molecule has 1 aromatic heterocycles. The number of nitrogens with one attached hydrogen (secondary N) is 1. The minimum atomic E-state index is -0.278. The van der Waals surface area contributed by atoms with Crippen molar-refractivity contribution in [2.24, 2.45) is 5.10 Å². The largest absolute Gasteiger partial charge is 0.490 e. The van der Waals surface area contributed by atoms with Crippen LogP contribution in [0.15, 0.2) is 52.7 Å². The van der Waals surface area contributed by atoms with Crippen molar-refractivity contribution >= 4 is 47.1 Å². The van der Waals surface area contributed by atoms with Gasteiger partial charge in [-0.3, -0.25) is 4.79 Å². The Labute approximate surface area is 212 Å². The predicted octanol–water partition coefficient (Wildman–Crippen LogP) is 5.62. The van der Waals surface area contributed by atoms with Gasteiger partial charge in [0, 0.05) is 22.0 Å². The van der Waals surface area contributed by atoms with E-state index >= 15 is 0 Å². The van der Waals surface area contributed by atoms with Gasteiger partial charge in [0.25, 0.3) is 5.91 Å². The average molecular weight is 519 g/mol. The molecule has 0 atom stereocenters. The molecule has 10 heteroatoms. The number of benzene rings is 2. The molecule has 1 N–H and O–H groups in total. The van der Waals surface area contributed by atoms with Crippen LogP contribution in [0.25, 0.3) is 0 Å². The van der Waals surface area contributed by atoms with Crippen LogP contribution in [-0.4, -0.2) is 34.4 Å². The van der Waals surface area contributed by atoms with Crippen molar-refractivity contribution in [2.45, 2.75) is 32.5 Å². The Morgan fingerprint density at radius 1 is 1.09 bits per heavy atom. The number of aromatic nitrogens is 2. The minimum Gasteiger partial charge on any atom is -0.490 e. The molecule has 0 fully saturated rings. The summed E-state index contributed by atoms with van der Waals surface area (Å²) in [7, 11) is 0. The monoisotopic (exact) mass is 518 g/mol. The van der Waals surface area contributed by atoms with Gasteiger partial charge in [-0.1, -0.05) is 53.2 Å². The first kappa shape index (κ1) is 25.8. The van der Waals surface area contributed by atoms with E-state index in [9.17, 15) is 4.79 Å². The topological polar surface area (TPSA) is 85.7 Å². The summed E-state index contributed by atoms with van der Waals surface area (Å²) in [6.45, 7) is 6.30. The third-order valence-corrected chi connectivity index (χ3v) is 5.86. The highest BCUT2D eigenvalue weighted by atomic mass is 35.5. The fourth-order valence-corrected chi connectivity index (χ4v) is 4.14. The summed E-state index contributed by atoms with van der Waals surface area (Å²) in [6.07, 6.45) is 1.49. The second-order valence-corrected chi connectivity index (χ2v) is 8.92. The highest BCUT2D eigenvalue weighted by Crippen LogP contribution is 2.37. The minimum absolute atomic E-state index is 0.139. The Kier molecular flexibility index (Phi) is 9.56. The summed E-state index contributed by atoms with van der Waals surface area (Å²) in [4.78, 5) is 20.7. The first-order valence-electron chi connectivity index (χ1n) is 10.4. The van der Waals surface area contributed by atoms with E-state index in [4.69, 9.17) is 32.7 Å². The van der Waals surface area contributed by atoms with E-state index in [1.807, 2.05) is 45.0 Å². The highest BCUT2D eigenvalue weighted by molar-refractivity contribution is 7.99. The lowest BCUT2D eigenvalue weighted by atomic mass is 10.2. The molecular formula is C24H24Cl2N4O3S. The summed E-state index contributed by atoms with van der Waals surface area (Å²) in [5.74, 6) is 0.742. The van der Waals surface area contributed by atoms with Crippen LogP contribution in [0.3, 0.4) is 0 Å². The lowest BCUT2D eigenvalue weighted by molar-refractivity contribution is -0.118. The molecule has 34 heavy (non-hydrogen) atoms. The van der Waals surface area contributed by atoms with Crippen molar-refractivity contribution in [1.82, 2.24) is 15.4 Å². The number of thioether (sulfide) groups is 1. The Hall–Kier alpha value is -2.81. The molecule has 0 spiro atoms. The van der Waals surface area contributed by atoms with Gasteiger partial charge in [0.1, 0.15) is 6.61 Å². The summed E-state index contributed by atoms with van der Waals surface area (Å²) < 4.78 is 11.6. The normalized spacial score (nSPS) is 11.0. The molecule has 0 aliphatic heterocycles. The zero-order valence-corrected chi connectivity index (χ0v) is 21.3. The zero-order valence-electron chi connectivity index (χ0n) is 19.0. The number of hydrogen-bond acceptors (Lipinski definition) is 7. The summed E-state index contributed by atoms with van der Waals surface area (Å²) >= 11 is 13.9. The van der Waals surface area contributed by atoms with Crippen molar-refractivity contribution in [1.29, 1.82) is 0 Å². The first-order valence-corrected chi connectivity index (χ1v) is 12.2. The molecule has 7 nitrogen and oxygen atoms in total. The summed E-state index contributed by atoms with van der Waals surface area (Å²) in [5.41, 5.74) is 5.68. The van der Waals surface area contributed by atoms with Gasteiger partial charge in [-0.15, -0.1) is 0 Å².